The van der Waals surface area contributed by atoms with Crippen LogP contribution in [0.1, 0.15) is 24.5 Å². The first-order valence-corrected chi connectivity index (χ1v) is 5.89. The lowest BCUT2D eigenvalue weighted by Crippen LogP contribution is -2.10. The maximum Gasteiger partial charge on any atom is 0.251 e. The Labute approximate surface area is 104 Å². The highest BCUT2D eigenvalue weighted by Gasteiger charge is 2.26. The van der Waals surface area contributed by atoms with E-state index in [0.29, 0.717) is 23.3 Å². The summed E-state index contributed by atoms with van der Waals surface area (Å²) >= 11 is 0. The highest BCUT2D eigenvalue weighted by molar-refractivity contribution is 5.50. The molecule has 0 unspecified atom stereocenters. The number of aromatic nitrogens is 3. The molecule has 0 amide bonds. The SMILES string of the molecule is COc1cccc(-c2nc(C3CC3)cc(=O)[nH]2)n1. The second kappa shape index (κ2) is 4.25. The third-order valence-corrected chi connectivity index (χ3v) is 2.93. The molecule has 0 atom stereocenters. The molecule has 2 aromatic rings. The Balaban J connectivity index is 2.06. The summed E-state index contributed by atoms with van der Waals surface area (Å²) in [5, 5.41) is 0. The van der Waals surface area contributed by atoms with Crippen LogP contribution in [-0.4, -0.2) is 22.1 Å². The number of H-pyrrole nitrogens is 1. The van der Waals surface area contributed by atoms with Crippen molar-refractivity contribution in [3.05, 3.63) is 40.3 Å². The van der Waals surface area contributed by atoms with E-state index in [1.165, 1.54) is 0 Å². The zero-order chi connectivity index (χ0) is 12.5. The molecule has 18 heavy (non-hydrogen) atoms. The summed E-state index contributed by atoms with van der Waals surface area (Å²) in [5.74, 6) is 1.45. The number of methoxy groups -OCH3 is 1. The molecule has 1 aliphatic rings. The molecule has 0 radical (unpaired) electrons. The van der Waals surface area contributed by atoms with Gasteiger partial charge in [0.05, 0.1) is 12.8 Å². The minimum Gasteiger partial charge on any atom is -0.481 e. The molecule has 0 saturated heterocycles. The van der Waals surface area contributed by atoms with Crippen LogP contribution in [0.5, 0.6) is 5.88 Å². The van der Waals surface area contributed by atoms with Gasteiger partial charge >= 0.3 is 0 Å². The lowest BCUT2D eigenvalue weighted by atomic mass is 10.2. The number of ether oxygens (including phenoxy) is 1. The van der Waals surface area contributed by atoms with Gasteiger partial charge in [0, 0.05) is 18.1 Å². The molecule has 5 nitrogen and oxygen atoms in total. The van der Waals surface area contributed by atoms with Crippen LogP contribution in [0, 0.1) is 0 Å². The van der Waals surface area contributed by atoms with Gasteiger partial charge in [0.1, 0.15) is 5.69 Å². The molecule has 1 aliphatic carbocycles. The minimum absolute atomic E-state index is 0.133. The largest absolute Gasteiger partial charge is 0.481 e. The van der Waals surface area contributed by atoms with E-state index in [1.54, 1.807) is 25.3 Å². The van der Waals surface area contributed by atoms with Crippen molar-refractivity contribution in [2.75, 3.05) is 7.11 Å². The molecule has 0 aromatic carbocycles. The predicted octanol–water partition coefficient (Wildman–Crippen LogP) is 1.72. The molecule has 92 valence electrons. The van der Waals surface area contributed by atoms with Gasteiger partial charge in [-0.2, -0.15) is 0 Å². The number of nitrogens with one attached hydrogen (secondary N) is 1. The number of rotatable bonds is 3. The zero-order valence-corrected chi connectivity index (χ0v) is 10.0. The van der Waals surface area contributed by atoms with E-state index in [0.717, 1.165) is 18.5 Å². The van der Waals surface area contributed by atoms with E-state index in [4.69, 9.17) is 4.74 Å². The fraction of sp³-hybridized carbons (Fsp3) is 0.308. The van der Waals surface area contributed by atoms with Gasteiger partial charge in [-0.25, -0.2) is 9.97 Å². The van der Waals surface area contributed by atoms with Gasteiger partial charge in [0.2, 0.25) is 5.88 Å². The van der Waals surface area contributed by atoms with Crippen molar-refractivity contribution < 1.29 is 4.74 Å². The second-order valence-corrected chi connectivity index (χ2v) is 4.36. The molecule has 0 aliphatic heterocycles. The second-order valence-electron chi connectivity index (χ2n) is 4.36. The normalized spacial score (nSPS) is 14.5. The summed E-state index contributed by atoms with van der Waals surface area (Å²) in [5.41, 5.74) is 1.35. The summed E-state index contributed by atoms with van der Waals surface area (Å²) in [7, 11) is 1.56. The van der Waals surface area contributed by atoms with Gasteiger partial charge in [-0.05, 0) is 18.9 Å². The topological polar surface area (TPSA) is 67.9 Å². The highest BCUT2D eigenvalue weighted by Crippen LogP contribution is 2.38. The van der Waals surface area contributed by atoms with Crippen molar-refractivity contribution in [1.29, 1.82) is 0 Å². The molecule has 1 fully saturated rings. The van der Waals surface area contributed by atoms with E-state index >= 15 is 0 Å². The van der Waals surface area contributed by atoms with E-state index < -0.39 is 0 Å². The first kappa shape index (κ1) is 11.0. The lowest BCUT2D eigenvalue weighted by Gasteiger charge is -2.04. The molecule has 0 spiro atoms. The maximum absolute atomic E-state index is 11.6. The van der Waals surface area contributed by atoms with E-state index in [2.05, 4.69) is 15.0 Å². The quantitative estimate of drug-likeness (QED) is 0.891. The first-order chi connectivity index (χ1) is 8.76. The standard InChI is InChI=1S/C13H13N3O2/c1-18-12-4-2-3-9(14-12)13-15-10(8-5-6-8)7-11(17)16-13/h2-4,7-8H,5-6H2,1H3,(H,15,16,17). The third-order valence-electron chi connectivity index (χ3n) is 2.93. The molecule has 0 bridgehead atoms. The number of hydrogen-bond acceptors (Lipinski definition) is 4. The fourth-order valence-electron chi connectivity index (χ4n) is 1.85. The third kappa shape index (κ3) is 2.11. The van der Waals surface area contributed by atoms with E-state index in [-0.39, 0.29) is 5.56 Å². The predicted molar refractivity (Wildman–Crippen MR) is 66.6 cm³/mol. The summed E-state index contributed by atoms with van der Waals surface area (Å²) in [4.78, 5) is 23.1. The van der Waals surface area contributed by atoms with Crippen LogP contribution in [0.15, 0.2) is 29.1 Å². The van der Waals surface area contributed by atoms with Gasteiger partial charge in [-0.1, -0.05) is 6.07 Å². The molecule has 2 heterocycles. The first-order valence-electron chi connectivity index (χ1n) is 5.89. The Bertz CT molecular complexity index is 632. The van der Waals surface area contributed by atoms with Gasteiger partial charge in [-0.3, -0.25) is 4.79 Å². The summed E-state index contributed by atoms with van der Waals surface area (Å²) < 4.78 is 5.07. The van der Waals surface area contributed by atoms with Crippen LogP contribution < -0.4 is 10.3 Å². The van der Waals surface area contributed by atoms with E-state index in [9.17, 15) is 4.79 Å². The number of nitrogens with zero attached hydrogens (tertiary/aromatic N) is 2. The molecule has 5 heteroatoms. The molecular formula is C13H13N3O2. The Morgan fingerprint density at radius 2 is 2.17 bits per heavy atom. The zero-order valence-electron chi connectivity index (χ0n) is 10.0. The van der Waals surface area contributed by atoms with Crippen LogP contribution in [0.3, 0.4) is 0 Å². The van der Waals surface area contributed by atoms with Crippen LogP contribution in [-0.2, 0) is 0 Å². The van der Waals surface area contributed by atoms with Crippen LogP contribution >= 0.6 is 0 Å². The smallest absolute Gasteiger partial charge is 0.251 e. The van der Waals surface area contributed by atoms with Crippen molar-refractivity contribution in [2.24, 2.45) is 0 Å². The number of pyridine rings is 1. The highest BCUT2D eigenvalue weighted by atomic mass is 16.5. The summed E-state index contributed by atoms with van der Waals surface area (Å²) in [6.07, 6.45) is 2.23. The van der Waals surface area contributed by atoms with Crippen LogP contribution in [0.2, 0.25) is 0 Å². The van der Waals surface area contributed by atoms with Gasteiger partial charge in [0.25, 0.3) is 5.56 Å². The Hall–Kier alpha value is -2.17. The monoisotopic (exact) mass is 243 g/mol. The number of hydrogen-bond donors (Lipinski definition) is 1. The Morgan fingerprint density at radius 3 is 2.89 bits per heavy atom. The average Bonchev–Trinajstić information content (AvgIpc) is 3.22. The Morgan fingerprint density at radius 1 is 1.33 bits per heavy atom. The maximum atomic E-state index is 11.6. The van der Waals surface area contributed by atoms with Crippen molar-refractivity contribution in [1.82, 2.24) is 15.0 Å². The lowest BCUT2D eigenvalue weighted by molar-refractivity contribution is 0.398. The summed E-state index contributed by atoms with van der Waals surface area (Å²) in [6, 6.07) is 6.95. The minimum atomic E-state index is -0.133. The van der Waals surface area contributed by atoms with Crippen LogP contribution in [0.4, 0.5) is 0 Å². The molecule has 1 N–H and O–H groups in total. The molecule has 2 aromatic heterocycles. The number of aromatic amines is 1. The van der Waals surface area contributed by atoms with Crippen molar-refractivity contribution in [3.63, 3.8) is 0 Å². The van der Waals surface area contributed by atoms with Crippen molar-refractivity contribution in [3.8, 4) is 17.4 Å². The van der Waals surface area contributed by atoms with E-state index in [1.807, 2.05) is 6.07 Å². The van der Waals surface area contributed by atoms with Crippen molar-refractivity contribution in [2.45, 2.75) is 18.8 Å². The summed E-state index contributed by atoms with van der Waals surface area (Å²) in [6.45, 7) is 0. The molecular weight excluding hydrogens is 230 g/mol. The molecule has 3 rings (SSSR count). The fourth-order valence-corrected chi connectivity index (χ4v) is 1.85. The van der Waals surface area contributed by atoms with Crippen LogP contribution in [0.25, 0.3) is 11.5 Å². The van der Waals surface area contributed by atoms with Gasteiger partial charge in [0.15, 0.2) is 5.82 Å². The average molecular weight is 243 g/mol. The van der Waals surface area contributed by atoms with Gasteiger partial charge < -0.3 is 9.72 Å². The molecule has 1 saturated carbocycles. The van der Waals surface area contributed by atoms with Crippen molar-refractivity contribution >= 4 is 0 Å². The van der Waals surface area contributed by atoms with Gasteiger partial charge in [-0.15, -0.1) is 0 Å². The Kier molecular flexibility index (Phi) is 2.59.